The van der Waals surface area contributed by atoms with Gasteiger partial charge in [0.15, 0.2) is 5.78 Å². The molecule has 0 radical (unpaired) electrons. The van der Waals surface area contributed by atoms with Crippen molar-refractivity contribution in [1.29, 1.82) is 0 Å². The third-order valence-corrected chi connectivity index (χ3v) is 5.90. The maximum Gasteiger partial charge on any atom is 0.254 e. The maximum atomic E-state index is 12.4. The van der Waals surface area contributed by atoms with Crippen LogP contribution in [0, 0.1) is 0 Å². The van der Waals surface area contributed by atoms with E-state index in [4.69, 9.17) is 12.2 Å². The van der Waals surface area contributed by atoms with Crippen molar-refractivity contribution in [3.63, 3.8) is 0 Å². The molecule has 4 nitrogen and oxygen atoms in total. The van der Waals surface area contributed by atoms with Crippen molar-refractivity contribution in [2.75, 3.05) is 6.54 Å². The highest BCUT2D eigenvalue weighted by Crippen LogP contribution is 2.33. The van der Waals surface area contributed by atoms with E-state index in [0.717, 1.165) is 39.4 Å². The number of hydrogen-bond acceptors (Lipinski definition) is 4. The van der Waals surface area contributed by atoms with Crippen molar-refractivity contribution >= 4 is 46.3 Å². The number of ketones is 1. The summed E-state index contributed by atoms with van der Waals surface area (Å²) in [5.74, 6) is 0.170. The van der Waals surface area contributed by atoms with Crippen molar-refractivity contribution in [3.8, 4) is 10.4 Å². The summed E-state index contributed by atoms with van der Waals surface area (Å²) in [6, 6.07) is 10.1. The van der Waals surface area contributed by atoms with E-state index in [0.29, 0.717) is 23.7 Å². The highest BCUT2D eigenvalue weighted by molar-refractivity contribution is 7.80. The van der Waals surface area contributed by atoms with Gasteiger partial charge in [0.2, 0.25) is 0 Å². The lowest BCUT2D eigenvalue weighted by Gasteiger charge is -2.13. The Labute approximate surface area is 161 Å². The van der Waals surface area contributed by atoms with E-state index >= 15 is 0 Å². The minimum absolute atomic E-state index is 0.0389. The summed E-state index contributed by atoms with van der Waals surface area (Å²) < 4.78 is 0. The van der Waals surface area contributed by atoms with Crippen molar-refractivity contribution in [2.24, 2.45) is 0 Å². The zero-order valence-electron chi connectivity index (χ0n) is 14.4. The fourth-order valence-electron chi connectivity index (χ4n) is 3.33. The van der Waals surface area contributed by atoms with E-state index in [1.54, 1.807) is 11.3 Å². The normalized spacial score (nSPS) is 18.0. The molecule has 1 amide bonds. The van der Waals surface area contributed by atoms with Gasteiger partial charge in [0.25, 0.3) is 5.91 Å². The van der Waals surface area contributed by atoms with Crippen LogP contribution >= 0.6 is 23.6 Å². The zero-order chi connectivity index (χ0) is 18.3. The van der Waals surface area contributed by atoms with Gasteiger partial charge in [-0.05, 0) is 47.9 Å². The first-order valence-corrected chi connectivity index (χ1v) is 9.85. The molecule has 2 aliphatic heterocycles. The summed E-state index contributed by atoms with van der Waals surface area (Å²) in [5, 5.41) is 2.96. The van der Waals surface area contributed by atoms with Crippen LogP contribution in [-0.2, 0) is 11.3 Å². The molecule has 1 fully saturated rings. The molecule has 3 heterocycles. The molecule has 1 N–H and O–H groups in total. The van der Waals surface area contributed by atoms with Gasteiger partial charge in [0.1, 0.15) is 0 Å². The number of carbonyl (C=O) groups excluding carboxylic acids is 2. The molecule has 1 aromatic carbocycles. The van der Waals surface area contributed by atoms with Gasteiger partial charge in [0, 0.05) is 28.4 Å². The van der Waals surface area contributed by atoms with Crippen molar-refractivity contribution in [1.82, 2.24) is 10.2 Å². The molecule has 1 aromatic heterocycles. The van der Waals surface area contributed by atoms with E-state index in [-0.39, 0.29) is 11.7 Å². The van der Waals surface area contributed by atoms with Crippen LogP contribution in [0.4, 0.5) is 0 Å². The molecule has 132 valence electrons. The molecule has 2 aliphatic rings. The Morgan fingerprint density at radius 3 is 2.85 bits per heavy atom. The molecule has 0 bridgehead atoms. The average Bonchev–Trinajstić information content (AvgIpc) is 3.28. The third-order valence-electron chi connectivity index (χ3n) is 4.57. The van der Waals surface area contributed by atoms with Crippen LogP contribution in [0.1, 0.15) is 40.6 Å². The predicted octanol–water partition coefficient (Wildman–Crippen LogP) is 4.01. The van der Waals surface area contributed by atoms with Crippen molar-refractivity contribution < 1.29 is 9.59 Å². The molecular formula is C20H18N2O2S2. The van der Waals surface area contributed by atoms with Gasteiger partial charge in [-0.25, -0.2) is 0 Å². The number of amides is 1. The quantitative estimate of drug-likeness (QED) is 0.641. The Kier molecular flexibility index (Phi) is 4.46. The SMILES string of the molecule is CCCN1Cc2cc(-c3ccc(/C=C4/NC(=S)CC4=O)s3)ccc2C1=O. The minimum Gasteiger partial charge on any atom is -0.347 e. The van der Waals surface area contributed by atoms with Crippen LogP contribution in [0.25, 0.3) is 16.5 Å². The molecule has 0 saturated carbocycles. The summed E-state index contributed by atoms with van der Waals surface area (Å²) in [4.78, 5) is 28.8. The first kappa shape index (κ1) is 17.1. The largest absolute Gasteiger partial charge is 0.347 e. The Morgan fingerprint density at radius 1 is 1.27 bits per heavy atom. The predicted molar refractivity (Wildman–Crippen MR) is 108 cm³/mol. The second-order valence-corrected chi connectivity index (χ2v) is 8.11. The van der Waals surface area contributed by atoms with Crippen LogP contribution in [-0.4, -0.2) is 28.1 Å². The molecule has 6 heteroatoms. The van der Waals surface area contributed by atoms with Crippen LogP contribution in [0.15, 0.2) is 36.0 Å². The molecule has 26 heavy (non-hydrogen) atoms. The number of nitrogens with zero attached hydrogens (tertiary/aromatic N) is 1. The number of benzene rings is 1. The summed E-state index contributed by atoms with van der Waals surface area (Å²) in [6.45, 7) is 3.57. The molecule has 0 spiro atoms. The fraction of sp³-hybridized carbons (Fsp3) is 0.250. The maximum absolute atomic E-state index is 12.4. The molecular weight excluding hydrogens is 364 g/mol. The highest BCUT2D eigenvalue weighted by atomic mass is 32.1. The molecule has 0 atom stereocenters. The van der Waals surface area contributed by atoms with Crippen LogP contribution in [0.2, 0.25) is 0 Å². The van der Waals surface area contributed by atoms with Gasteiger partial charge in [-0.1, -0.05) is 25.2 Å². The van der Waals surface area contributed by atoms with Gasteiger partial charge in [-0.3, -0.25) is 9.59 Å². The van der Waals surface area contributed by atoms with Gasteiger partial charge in [-0.2, -0.15) is 0 Å². The second kappa shape index (κ2) is 6.78. The van der Waals surface area contributed by atoms with Crippen molar-refractivity contribution in [2.45, 2.75) is 26.3 Å². The van der Waals surface area contributed by atoms with Gasteiger partial charge in [-0.15, -0.1) is 11.3 Å². The number of carbonyl (C=O) groups is 2. The number of hydrogen-bond donors (Lipinski definition) is 1. The third kappa shape index (κ3) is 3.10. The summed E-state index contributed by atoms with van der Waals surface area (Å²) >= 11 is 6.68. The Balaban J connectivity index is 1.59. The molecule has 0 unspecified atom stereocenters. The number of rotatable bonds is 4. The van der Waals surface area contributed by atoms with Crippen LogP contribution in [0.3, 0.4) is 0 Å². The van der Waals surface area contributed by atoms with E-state index in [1.807, 2.05) is 29.2 Å². The average molecular weight is 383 g/mol. The van der Waals surface area contributed by atoms with Crippen LogP contribution in [0.5, 0.6) is 0 Å². The number of thiocarbonyl (C=S) groups is 1. The Morgan fingerprint density at radius 2 is 2.12 bits per heavy atom. The highest BCUT2D eigenvalue weighted by Gasteiger charge is 2.27. The number of nitrogens with one attached hydrogen (secondary N) is 1. The summed E-state index contributed by atoms with van der Waals surface area (Å²) in [7, 11) is 0. The Bertz CT molecular complexity index is 958. The lowest BCUT2D eigenvalue weighted by Crippen LogP contribution is -2.24. The second-order valence-electron chi connectivity index (χ2n) is 6.51. The van der Waals surface area contributed by atoms with E-state index in [1.165, 1.54) is 0 Å². The standard InChI is InChI=1S/C20H18N2O2S2/c1-2-7-22-11-13-8-12(3-5-15(13)20(22)24)18-6-4-14(26-18)9-16-17(23)10-19(25)21-16/h3-6,8-9H,2,7,10-11H2,1H3,(H,21,25)/b16-9+. The molecule has 2 aromatic rings. The van der Waals surface area contributed by atoms with E-state index < -0.39 is 0 Å². The van der Waals surface area contributed by atoms with E-state index in [2.05, 4.69) is 24.4 Å². The monoisotopic (exact) mass is 382 g/mol. The summed E-state index contributed by atoms with van der Waals surface area (Å²) in [6.07, 6.45) is 3.12. The number of Topliss-reactive ketones (excluding diaryl/α,β-unsaturated/α-hetero) is 1. The van der Waals surface area contributed by atoms with Crippen molar-refractivity contribution in [3.05, 3.63) is 52.0 Å². The van der Waals surface area contributed by atoms with Gasteiger partial charge < -0.3 is 10.2 Å². The van der Waals surface area contributed by atoms with Gasteiger partial charge in [0.05, 0.1) is 17.1 Å². The minimum atomic E-state index is 0.0389. The zero-order valence-corrected chi connectivity index (χ0v) is 16.0. The first-order chi connectivity index (χ1) is 12.5. The lowest BCUT2D eigenvalue weighted by atomic mass is 10.1. The number of thiophene rings is 1. The van der Waals surface area contributed by atoms with Gasteiger partial charge >= 0.3 is 0 Å². The smallest absolute Gasteiger partial charge is 0.254 e. The summed E-state index contributed by atoms with van der Waals surface area (Å²) in [5.41, 5.74) is 3.58. The topological polar surface area (TPSA) is 49.4 Å². The first-order valence-electron chi connectivity index (χ1n) is 8.62. The molecule has 1 saturated heterocycles. The lowest BCUT2D eigenvalue weighted by molar-refractivity contribution is -0.114. The Hall–Kier alpha value is -2.31. The fourth-order valence-corrected chi connectivity index (χ4v) is 4.52. The van der Waals surface area contributed by atoms with E-state index in [9.17, 15) is 9.59 Å². The number of allylic oxidation sites excluding steroid dienone is 1. The molecule has 0 aliphatic carbocycles. The van der Waals surface area contributed by atoms with Crippen LogP contribution < -0.4 is 5.32 Å². The molecule has 4 rings (SSSR count). The number of fused-ring (bicyclic) bond motifs is 1.